The fourth-order valence-electron chi connectivity index (χ4n) is 1.06. The first kappa shape index (κ1) is 11.8. The van der Waals surface area contributed by atoms with Crippen LogP contribution < -0.4 is 5.73 Å². The molecule has 2 N–H and O–H groups in total. The molecule has 0 amide bonds. The van der Waals surface area contributed by atoms with E-state index in [4.69, 9.17) is 5.73 Å². The van der Waals surface area contributed by atoms with Gasteiger partial charge in [-0.05, 0) is 17.7 Å². The highest BCUT2D eigenvalue weighted by Crippen LogP contribution is 2.29. The van der Waals surface area contributed by atoms with Crippen molar-refractivity contribution in [1.82, 2.24) is 10.2 Å². The summed E-state index contributed by atoms with van der Waals surface area (Å²) >= 11 is 6.19. The number of benzene rings is 1. The second-order valence-electron chi connectivity index (χ2n) is 2.93. The van der Waals surface area contributed by atoms with Crippen molar-refractivity contribution in [3.05, 3.63) is 34.1 Å². The number of anilines is 1. The topological polar surface area (TPSA) is 51.8 Å². The van der Waals surface area contributed by atoms with Crippen LogP contribution in [0.25, 0.3) is 0 Å². The van der Waals surface area contributed by atoms with E-state index in [-0.39, 0.29) is 5.82 Å². The molecule has 0 radical (unpaired) electrons. The number of rotatable bonds is 3. The van der Waals surface area contributed by atoms with Gasteiger partial charge in [0.15, 0.2) is 4.34 Å². The molecule has 0 fully saturated rings. The quantitative estimate of drug-likeness (QED) is 0.882. The lowest BCUT2D eigenvalue weighted by Crippen LogP contribution is -1.84. The maximum atomic E-state index is 12.8. The molecule has 0 aliphatic heterocycles. The number of aromatic nitrogens is 2. The standard InChI is InChI=1S/C9H7BrFN3S2/c10-7-3-6(11)2-1-5(7)4-15-9-14-13-8(12)16-9/h1-3H,4H2,(H2,12,13). The second kappa shape index (κ2) is 5.11. The average molecular weight is 320 g/mol. The van der Waals surface area contributed by atoms with Gasteiger partial charge in [-0.2, -0.15) is 0 Å². The molecule has 0 unspecified atom stereocenters. The largest absolute Gasteiger partial charge is 0.374 e. The molecular weight excluding hydrogens is 313 g/mol. The maximum Gasteiger partial charge on any atom is 0.203 e. The maximum absolute atomic E-state index is 12.8. The fraction of sp³-hybridized carbons (Fsp3) is 0.111. The summed E-state index contributed by atoms with van der Waals surface area (Å²) in [7, 11) is 0. The zero-order valence-corrected chi connectivity index (χ0v) is 11.2. The monoisotopic (exact) mass is 319 g/mol. The van der Waals surface area contributed by atoms with Crippen molar-refractivity contribution in [3.63, 3.8) is 0 Å². The Labute approximate surface area is 108 Å². The number of hydrogen-bond acceptors (Lipinski definition) is 5. The van der Waals surface area contributed by atoms with Crippen molar-refractivity contribution >= 4 is 44.2 Å². The molecule has 0 bridgehead atoms. The first-order chi connectivity index (χ1) is 7.65. The van der Waals surface area contributed by atoms with E-state index in [1.807, 2.05) is 0 Å². The highest BCUT2D eigenvalue weighted by Gasteiger charge is 2.05. The van der Waals surface area contributed by atoms with Gasteiger partial charge in [0.05, 0.1) is 0 Å². The van der Waals surface area contributed by atoms with Crippen LogP contribution in [0.2, 0.25) is 0 Å². The molecule has 16 heavy (non-hydrogen) atoms. The lowest BCUT2D eigenvalue weighted by Gasteiger charge is -2.02. The molecule has 7 heteroatoms. The molecule has 1 heterocycles. The number of nitrogens with zero attached hydrogens (tertiary/aromatic N) is 2. The van der Waals surface area contributed by atoms with Crippen LogP contribution in [0.4, 0.5) is 9.52 Å². The molecule has 1 aromatic heterocycles. The molecular formula is C9H7BrFN3S2. The summed E-state index contributed by atoms with van der Waals surface area (Å²) in [6.45, 7) is 0. The molecule has 0 saturated carbocycles. The Bertz CT molecular complexity index is 503. The lowest BCUT2D eigenvalue weighted by atomic mass is 10.2. The van der Waals surface area contributed by atoms with Gasteiger partial charge in [0.25, 0.3) is 0 Å². The molecule has 0 atom stereocenters. The van der Waals surface area contributed by atoms with E-state index in [0.29, 0.717) is 10.9 Å². The van der Waals surface area contributed by atoms with Crippen LogP contribution in [0, 0.1) is 5.82 Å². The fourth-order valence-corrected chi connectivity index (χ4v) is 3.37. The van der Waals surface area contributed by atoms with Crippen LogP contribution in [0.1, 0.15) is 5.56 Å². The number of nitrogen functional groups attached to an aromatic ring is 1. The van der Waals surface area contributed by atoms with Gasteiger partial charge in [-0.3, -0.25) is 0 Å². The Morgan fingerprint density at radius 2 is 2.25 bits per heavy atom. The van der Waals surface area contributed by atoms with Crippen LogP contribution >= 0.6 is 39.0 Å². The Kier molecular flexibility index (Phi) is 3.78. The van der Waals surface area contributed by atoms with E-state index in [1.165, 1.54) is 35.2 Å². The van der Waals surface area contributed by atoms with E-state index in [2.05, 4.69) is 26.1 Å². The molecule has 0 aliphatic carbocycles. The van der Waals surface area contributed by atoms with Gasteiger partial charge in [-0.1, -0.05) is 45.1 Å². The molecule has 84 valence electrons. The third kappa shape index (κ3) is 2.93. The molecule has 0 aliphatic rings. The molecule has 2 aromatic rings. The summed E-state index contributed by atoms with van der Waals surface area (Å²) in [5.41, 5.74) is 6.48. The summed E-state index contributed by atoms with van der Waals surface area (Å²) in [6, 6.07) is 4.64. The van der Waals surface area contributed by atoms with Gasteiger partial charge in [0.2, 0.25) is 5.13 Å². The van der Waals surface area contributed by atoms with E-state index in [9.17, 15) is 4.39 Å². The van der Waals surface area contributed by atoms with Crippen molar-refractivity contribution in [3.8, 4) is 0 Å². The normalized spacial score (nSPS) is 10.6. The summed E-state index contributed by atoms with van der Waals surface area (Å²) in [4.78, 5) is 0. The zero-order chi connectivity index (χ0) is 11.5. The molecule has 1 aromatic carbocycles. The first-order valence-corrected chi connectivity index (χ1v) is 6.90. The first-order valence-electron chi connectivity index (χ1n) is 4.31. The molecule has 0 saturated heterocycles. The molecule has 2 rings (SSSR count). The highest BCUT2D eigenvalue weighted by atomic mass is 79.9. The van der Waals surface area contributed by atoms with Crippen LogP contribution in [0.15, 0.2) is 27.0 Å². The van der Waals surface area contributed by atoms with E-state index in [0.717, 1.165) is 14.4 Å². The van der Waals surface area contributed by atoms with Gasteiger partial charge < -0.3 is 5.73 Å². The van der Waals surface area contributed by atoms with E-state index >= 15 is 0 Å². The average Bonchev–Trinajstić information content (AvgIpc) is 2.63. The Hall–Kier alpha value is -0.660. The van der Waals surface area contributed by atoms with Gasteiger partial charge in [-0.25, -0.2) is 4.39 Å². The van der Waals surface area contributed by atoms with Crippen LogP contribution in [-0.2, 0) is 5.75 Å². The van der Waals surface area contributed by atoms with Gasteiger partial charge in [0.1, 0.15) is 5.82 Å². The smallest absolute Gasteiger partial charge is 0.203 e. The SMILES string of the molecule is Nc1nnc(SCc2ccc(F)cc2Br)s1. The number of thioether (sulfide) groups is 1. The zero-order valence-electron chi connectivity index (χ0n) is 7.98. The van der Waals surface area contributed by atoms with Crippen molar-refractivity contribution in [2.24, 2.45) is 0 Å². The number of nitrogens with two attached hydrogens (primary N) is 1. The summed E-state index contributed by atoms with van der Waals surface area (Å²) in [5.74, 6) is 0.455. The van der Waals surface area contributed by atoms with Crippen molar-refractivity contribution in [2.75, 3.05) is 5.73 Å². The van der Waals surface area contributed by atoms with Gasteiger partial charge >= 0.3 is 0 Å². The summed E-state index contributed by atoms with van der Waals surface area (Å²) < 4.78 is 14.4. The summed E-state index contributed by atoms with van der Waals surface area (Å²) in [6.07, 6.45) is 0. The Morgan fingerprint density at radius 1 is 1.44 bits per heavy atom. The van der Waals surface area contributed by atoms with Crippen molar-refractivity contribution in [1.29, 1.82) is 0 Å². The lowest BCUT2D eigenvalue weighted by molar-refractivity contribution is 0.626. The van der Waals surface area contributed by atoms with E-state index < -0.39 is 0 Å². The predicted octanol–water partition coefficient (Wildman–Crippen LogP) is 3.31. The Balaban J connectivity index is 2.04. The third-order valence-corrected chi connectivity index (χ3v) is 4.46. The Morgan fingerprint density at radius 3 is 2.88 bits per heavy atom. The van der Waals surface area contributed by atoms with Gasteiger partial charge in [0, 0.05) is 10.2 Å². The van der Waals surface area contributed by atoms with E-state index in [1.54, 1.807) is 6.07 Å². The van der Waals surface area contributed by atoms with Crippen molar-refractivity contribution < 1.29 is 4.39 Å². The van der Waals surface area contributed by atoms with Crippen LogP contribution in [0.3, 0.4) is 0 Å². The van der Waals surface area contributed by atoms with Crippen molar-refractivity contribution in [2.45, 2.75) is 10.1 Å². The second-order valence-corrected chi connectivity index (χ2v) is 6.02. The highest BCUT2D eigenvalue weighted by molar-refractivity contribution is 9.10. The predicted molar refractivity (Wildman–Crippen MR) is 68.0 cm³/mol. The number of halogens is 2. The van der Waals surface area contributed by atoms with Gasteiger partial charge in [-0.15, -0.1) is 10.2 Å². The van der Waals surface area contributed by atoms with Crippen LogP contribution in [-0.4, -0.2) is 10.2 Å². The third-order valence-electron chi connectivity index (χ3n) is 1.79. The van der Waals surface area contributed by atoms with Crippen LogP contribution in [0.5, 0.6) is 0 Å². The minimum Gasteiger partial charge on any atom is -0.374 e. The molecule has 3 nitrogen and oxygen atoms in total. The minimum absolute atomic E-state index is 0.249. The number of hydrogen-bond donors (Lipinski definition) is 1. The molecule has 0 spiro atoms. The summed E-state index contributed by atoms with van der Waals surface area (Å²) in [5, 5.41) is 8.07. The minimum atomic E-state index is -0.249.